The summed E-state index contributed by atoms with van der Waals surface area (Å²) in [7, 11) is 0. The minimum atomic E-state index is -0.159. The normalized spacial score (nSPS) is 14.0. The number of H-pyrrole nitrogens is 1. The summed E-state index contributed by atoms with van der Waals surface area (Å²) >= 11 is 3.52. The summed E-state index contributed by atoms with van der Waals surface area (Å²) < 4.78 is 0.898. The van der Waals surface area contributed by atoms with E-state index in [1.807, 2.05) is 54.6 Å². The van der Waals surface area contributed by atoms with Crippen LogP contribution < -0.4 is 10.6 Å². The largest absolute Gasteiger partial charge is 0.357 e. The number of aromatic amines is 1. The Hall–Kier alpha value is -3.16. The van der Waals surface area contributed by atoms with Gasteiger partial charge in [0.1, 0.15) is 0 Å². The Balaban J connectivity index is 1.83. The Labute approximate surface area is 221 Å². The first-order valence-electron chi connectivity index (χ1n) is 12.5. The Morgan fingerprint density at radius 1 is 1.11 bits per heavy atom. The van der Waals surface area contributed by atoms with E-state index in [0.29, 0.717) is 17.7 Å². The topological polar surface area (TPSA) is 77.2 Å². The minimum absolute atomic E-state index is 0.0852. The van der Waals surface area contributed by atoms with Gasteiger partial charge in [0, 0.05) is 45.8 Å². The van der Waals surface area contributed by atoms with Crippen molar-refractivity contribution in [2.45, 2.75) is 33.6 Å². The SMILES string of the molecule is CCN(CC)CCNC(=O)c1c(C(C)C)[nH]c(C=C2C(=O)Nc3ccc(Br)cc32)c1-c1ccccc1. The second kappa shape index (κ2) is 11.3. The standard InChI is InChI=1S/C29H33BrN4O2/c1-5-34(6-2)15-14-31-29(36)26-25(19-10-8-7-9-11-19)24(32-27(26)18(3)4)17-22-21-16-20(30)12-13-23(21)33-28(22)35/h7-13,16-18,32H,5-6,14-15H2,1-4H3,(H,31,36)(H,33,35). The van der Waals surface area contributed by atoms with E-state index >= 15 is 0 Å². The number of nitrogens with zero attached hydrogens (tertiary/aromatic N) is 1. The van der Waals surface area contributed by atoms with E-state index in [1.165, 1.54) is 0 Å². The maximum absolute atomic E-state index is 13.6. The van der Waals surface area contributed by atoms with Crippen LogP contribution in [0.2, 0.25) is 0 Å². The quantitative estimate of drug-likeness (QED) is 0.281. The van der Waals surface area contributed by atoms with Crippen LogP contribution in [-0.4, -0.2) is 47.9 Å². The van der Waals surface area contributed by atoms with E-state index in [-0.39, 0.29) is 17.7 Å². The maximum Gasteiger partial charge on any atom is 0.256 e. The highest BCUT2D eigenvalue weighted by atomic mass is 79.9. The van der Waals surface area contributed by atoms with Gasteiger partial charge in [-0.3, -0.25) is 9.59 Å². The van der Waals surface area contributed by atoms with Crippen molar-refractivity contribution in [3.8, 4) is 11.1 Å². The van der Waals surface area contributed by atoms with Crippen molar-refractivity contribution in [2.75, 3.05) is 31.5 Å². The number of halogens is 1. The van der Waals surface area contributed by atoms with Crippen LogP contribution in [0.1, 0.15) is 60.9 Å². The van der Waals surface area contributed by atoms with Crippen molar-refractivity contribution in [1.82, 2.24) is 15.2 Å². The van der Waals surface area contributed by atoms with E-state index in [1.54, 1.807) is 0 Å². The van der Waals surface area contributed by atoms with Crippen LogP contribution >= 0.6 is 15.9 Å². The molecule has 4 rings (SSSR count). The molecule has 6 nitrogen and oxygen atoms in total. The summed E-state index contributed by atoms with van der Waals surface area (Å²) in [6.45, 7) is 11.6. The van der Waals surface area contributed by atoms with E-state index in [4.69, 9.17) is 0 Å². The molecule has 2 amide bonds. The van der Waals surface area contributed by atoms with Gasteiger partial charge in [0.2, 0.25) is 0 Å². The van der Waals surface area contributed by atoms with Gasteiger partial charge in [0.05, 0.1) is 11.1 Å². The van der Waals surface area contributed by atoms with Crippen molar-refractivity contribution in [3.05, 3.63) is 75.5 Å². The molecule has 0 saturated heterocycles. The van der Waals surface area contributed by atoms with Gasteiger partial charge in [0.25, 0.3) is 11.8 Å². The Kier molecular flexibility index (Phi) is 8.11. The molecule has 0 aliphatic carbocycles. The number of benzene rings is 2. The predicted octanol–water partition coefficient (Wildman–Crippen LogP) is 6.13. The number of rotatable bonds is 9. The number of hydrogen-bond donors (Lipinski definition) is 3. The van der Waals surface area contributed by atoms with E-state index in [2.05, 4.69) is 64.1 Å². The number of carbonyl (C=O) groups is 2. The molecule has 1 aliphatic heterocycles. The molecule has 2 aromatic carbocycles. The first kappa shape index (κ1) is 25.9. The molecule has 0 fully saturated rings. The highest BCUT2D eigenvalue weighted by Crippen LogP contribution is 2.39. The Morgan fingerprint density at radius 3 is 2.50 bits per heavy atom. The van der Waals surface area contributed by atoms with Crippen molar-refractivity contribution < 1.29 is 9.59 Å². The number of anilines is 1. The van der Waals surface area contributed by atoms with Gasteiger partial charge in [-0.2, -0.15) is 0 Å². The fourth-order valence-corrected chi connectivity index (χ4v) is 4.99. The second-order valence-corrected chi connectivity index (χ2v) is 10.1. The zero-order valence-corrected chi connectivity index (χ0v) is 22.8. The van der Waals surface area contributed by atoms with Crippen molar-refractivity contribution >= 4 is 45.1 Å². The lowest BCUT2D eigenvalue weighted by Crippen LogP contribution is -2.35. The van der Waals surface area contributed by atoms with E-state index < -0.39 is 0 Å². The zero-order chi connectivity index (χ0) is 25.8. The summed E-state index contributed by atoms with van der Waals surface area (Å²) in [5.41, 5.74) is 6.15. The smallest absolute Gasteiger partial charge is 0.256 e. The number of fused-ring (bicyclic) bond motifs is 1. The molecule has 7 heteroatoms. The molecule has 0 radical (unpaired) electrons. The van der Waals surface area contributed by atoms with E-state index in [9.17, 15) is 9.59 Å². The monoisotopic (exact) mass is 548 g/mol. The van der Waals surface area contributed by atoms with Crippen LogP contribution in [0, 0.1) is 0 Å². The summed E-state index contributed by atoms with van der Waals surface area (Å²) in [4.78, 5) is 32.3. The minimum Gasteiger partial charge on any atom is -0.357 e. The number of carbonyl (C=O) groups excluding carboxylic acids is 2. The van der Waals surface area contributed by atoms with E-state index in [0.717, 1.165) is 57.9 Å². The zero-order valence-electron chi connectivity index (χ0n) is 21.2. The van der Waals surface area contributed by atoms with Gasteiger partial charge in [-0.25, -0.2) is 0 Å². The summed E-state index contributed by atoms with van der Waals surface area (Å²) in [6, 6.07) is 15.6. The van der Waals surface area contributed by atoms with Gasteiger partial charge in [0.15, 0.2) is 0 Å². The Bertz CT molecular complexity index is 1290. The fourth-order valence-electron chi connectivity index (χ4n) is 4.62. The Morgan fingerprint density at radius 2 is 1.83 bits per heavy atom. The number of likely N-dealkylation sites (N-methyl/N-ethyl adjacent to an activating group) is 1. The van der Waals surface area contributed by atoms with Gasteiger partial charge < -0.3 is 20.5 Å². The fraction of sp³-hybridized carbons (Fsp3) is 0.310. The molecule has 0 unspecified atom stereocenters. The van der Waals surface area contributed by atoms with Gasteiger partial charge in [-0.05, 0) is 48.8 Å². The van der Waals surface area contributed by atoms with Crippen LogP contribution in [0.4, 0.5) is 5.69 Å². The third-order valence-electron chi connectivity index (χ3n) is 6.59. The number of hydrogen-bond acceptors (Lipinski definition) is 3. The molecule has 3 N–H and O–H groups in total. The molecule has 3 aromatic rings. The average Bonchev–Trinajstić information content (AvgIpc) is 3.40. The lowest BCUT2D eigenvalue weighted by Gasteiger charge is -2.18. The average molecular weight is 550 g/mol. The van der Waals surface area contributed by atoms with Crippen molar-refractivity contribution in [1.29, 1.82) is 0 Å². The molecule has 0 atom stereocenters. The lowest BCUT2D eigenvalue weighted by atomic mass is 9.95. The third-order valence-corrected chi connectivity index (χ3v) is 7.08. The highest BCUT2D eigenvalue weighted by molar-refractivity contribution is 9.10. The maximum atomic E-state index is 13.6. The molecule has 188 valence electrons. The molecule has 36 heavy (non-hydrogen) atoms. The molecular weight excluding hydrogens is 516 g/mol. The van der Waals surface area contributed by atoms with Gasteiger partial charge >= 0.3 is 0 Å². The number of aromatic nitrogens is 1. The first-order valence-corrected chi connectivity index (χ1v) is 13.3. The van der Waals surface area contributed by atoms with Crippen LogP contribution in [0.15, 0.2) is 53.0 Å². The van der Waals surface area contributed by atoms with Crippen molar-refractivity contribution in [2.24, 2.45) is 0 Å². The van der Waals surface area contributed by atoms with Gasteiger partial charge in [-0.1, -0.05) is 74.0 Å². The van der Waals surface area contributed by atoms with Crippen molar-refractivity contribution in [3.63, 3.8) is 0 Å². The number of amides is 2. The predicted molar refractivity (Wildman–Crippen MR) is 151 cm³/mol. The molecule has 1 aromatic heterocycles. The molecular formula is C29H33BrN4O2. The molecule has 0 bridgehead atoms. The summed E-state index contributed by atoms with van der Waals surface area (Å²) in [5, 5.41) is 6.08. The van der Waals surface area contributed by atoms with Gasteiger partial charge in [-0.15, -0.1) is 0 Å². The molecule has 0 spiro atoms. The molecule has 2 heterocycles. The highest BCUT2D eigenvalue weighted by Gasteiger charge is 2.28. The second-order valence-electron chi connectivity index (χ2n) is 9.21. The van der Waals surface area contributed by atoms with Crippen LogP contribution in [-0.2, 0) is 4.79 Å². The summed E-state index contributed by atoms with van der Waals surface area (Å²) in [6.07, 6.45) is 1.87. The lowest BCUT2D eigenvalue weighted by molar-refractivity contribution is -0.110. The number of nitrogens with one attached hydrogen (secondary N) is 3. The summed E-state index contributed by atoms with van der Waals surface area (Å²) in [5.74, 6) is -0.181. The molecule has 1 aliphatic rings. The first-order chi connectivity index (χ1) is 17.3. The third kappa shape index (κ3) is 5.32. The van der Waals surface area contributed by atoms with Crippen LogP contribution in [0.5, 0.6) is 0 Å². The molecule has 0 saturated carbocycles. The van der Waals surface area contributed by atoms with Crippen LogP contribution in [0.25, 0.3) is 22.8 Å². The van der Waals surface area contributed by atoms with Crippen LogP contribution in [0.3, 0.4) is 0 Å².